The summed E-state index contributed by atoms with van der Waals surface area (Å²) in [5, 5.41) is 19.5. The normalized spacial score (nSPS) is 17.5. The largest absolute Gasteiger partial charge is 0.481 e. The van der Waals surface area contributed by atoms with Gasteiger partial charge in [0.2, 0.25) is 11.8 Å². The summed E-state index contributed by atoms with van der Waals surface area (Å²) in [7, 11) is 0. The van der Waals surface area contributed by atoms with Gasteiger partial charge >= 0.3 is 23.9 Å². The molecule has 7 aromatic carbocycles. The van der Waals surface area contributed by atoms with Crippen LogP contribution in [-0.2, 0) is 93.0 Å². The molecular weight excluding hydrogens is 1140 g/mol. The number of fused-ring (bicyclic) bond motifs is 2. The van der Waals surface area contributed by atoms with Crippen molar-refractivity contribution in [1.82, 2.24) is 9.80 Å². The third kappa shape index (κ3) is 16.0. The van der Waals surface area contributed by atoms with Crippen LogP contribution in [0, 0.1) is 22.7 Å². The SMILES string of the molecule is CC(C)(C)OC(=O)CC1(C(=O)C[C@@H](Cc2ccc(-c3ccccc3)cc2)C(=O)N2CCC[C@H]2C(=O)OCc2ccccc2)Cc2ccccc2C1.O=C(O)CC1(C(=O)C[C@@H](Cc2ccc(-c3ccccc3)cc2)C(=O)N2CCC[C@H]2C(=O)O)Cc2ccccc2C1. The van der Waals surface area contributed by atoms with Gasteiger partial charge in [0.1, 0.15) is 35.9 Å². The van der Waals surface area contributed by atoms with Crippen molar-refractivity contribution in [1.29, 1.82) is 0 Å². The molecule has 14 heteroatoms. The predicted octanol–water partition coefficient (Wildman–Crippen LogP) is 12.5. The highest BCUT2D eigenvalue weighted by Gasteiger charge is 2.49. The third-order valence-corrected chi connectivity index (χ3v) is 18.4. The van der Waals surface area contributed by atoms with Gasteiger partial charge in [-0.25, -0.2) is 9.59 Å². The molecule has 14 nitrogen and oxygen atoms in total. The van der Waals surface area contributed by atoms with Crippen molar-refractivity contribution >= 4 is 47.3 Å². The number of carboxylic acid groups (broad SMARTS) is 2. The minimum atomic E-state index is -1.12. The van der Waals surface area contributed by atoms with Crippen LogP contribution in [0.2, 0.25) is 0 Å². The Kier molecular flexibility index (Phi) is 20.4. The van der Waals surface area contributed by atoms with E-state index in [9.17, 15) is 48.6 Å². The number of carbonyl (C=O) groups excluding carboxylic acids is 6. The lowest BCUT2D eigenvalue weighted by molar-refractivity contribution is -0.160. The first-order valence-electron chi connectivity index (χ1n) is 31.7. The average Bonchev–Trinajstić information content (AvgIpc) is 1.71. The van der Waals surface area contributed by atoms with Crippen LogP contribution in [0.15, 0.2) is 188 Å². The van der Waals surface area contributed by atoms with Crippen LogP contribution in [0.3, 0.4) is 0 Å². The van der Waals surface area contributed by atoms with Crippen molar-refractivity contribution in [2.45, 2.75) is 135 Å². The molecule has 2 amide bonds. The molecule has 2 aliphatic heterocycles. The van der Waals surface area contributed by atoms with Crippen molar-refractivity contribution in [3.63, 3.8) is 0 Å². The number of esters is 2. The van der Waals surface area contributed by atoms with Crippen LogP contribution < -0.4 is 0 Å². The van der Waals surface area contributed by atoms with Crippen molar-refractivity contribution in [3.05, 3.63) is 227 Å². The predicted molar refractivity (Wildman–Crippen MR) is 346 cm³/mol. The number of carbonyl (C=O) groups is 8. The van der Waals surface area contributed by atoms with Gasteiger partial charge in [-0.05, 0) is 146 Å². The lowest BCUT2D eigenvalue weighted by Crippen LogP contribution is -2.46. The molecule has 470 valence electrons. The van der Waals surface area contributed by atoms with E-state index in [1.807, 2.05) is 209 Å². The molecule has 2 fully saturated rings. The smallest absolute Gasteiger partial charge is 0.329 e. The summed E-state index contributed by atoms with van der Waals surface area (Å²) >= 11 is 0. The van der Waals surface area contributed by atoms with E-state index in [2.05, 4.69) is 0 Å². The van der Waals surface area contributed by atoms with E-state index in [1.165, 1.54) is 4.90 Å². The molecular formula is C77H80N2O12. The minimum Gasteiger partial charge on any atom is -0.481 e. The maximum atomic E-state index is 14.7. The number of hydrogen-bond acceptors (Lipinski definition) is 10. The van der Waals surface area contributed by atoms with Crippen LogP contribution in [0.4, 0.5) is 0 Å². The number of rotatable bonds is 22. The molecule has 91 heavy (non-hydrogen) atoms. The number of hydrogen-bond donors (Lipinski definition) is 2. The minimum absolute atomic E-state index is 0.0572. The maximum Gasteiger partial charge on any atom is 0.329 e. The zero-order valence-corrected chi connectivity index (χ0v) is 52.1. The van der Waals surface area contributed by atoms with Gasteiger partial charge in [-0.1, -0.05) is 188 Å². The molecule has 2 N–H and O–H groups in total. The van der Waals surface area contributed by atoms with E-state index in [1.54, 1.807) is 4.90 Å². The van der Waals surface area contributed by atoms with Crippen LogP contribution in [0.5, 0.6) is 0 Å². The number of nitrogens with zero attached hydrogens (tertiary/aromatic N) is 2. The van der Waals surface area contributed by atoms with Gasteiger partial charge in [0.05, 0.1) is 12.8 Å². The number of benzene rings is 7. The molecule has 0 unspecified atom stereocenters. The Hall–Kier alpha value is -9.30. The van der Waals surface area contributed by atoms with E-state index < -0.39 is 64.2 Å². The first-order chi connectivity index (χ1) is 43.7. The fourth-order valence-corrected chi connectivity index (χ4v) is 13.9. The first kappa shape index (κ1) is 64.7. The number of ether oxygens (including phenoxy) is 2. The standard InChI is InChI=1S/C44H47NO6.C33H33NO6/c1-43(2,3)51-40(47)29-44(27-35-17-10-11-18-36(35)28-44)39(46)26-37(25-31-20-22-34(23-21-31)33-15-8-5-9-16-33)41(48)45-24-12-19-38(45)42(49)50-30-32-13-6-4-7-14-32;35-29(33(21-30(36)37)19-25-9-4-5-10-26(25)20-33)18-27(31(38)34-16-6-11-28(34)32(39)40)17-22-12-14-24(15-13-22)23-7-2-1-3-8-23/h4-11,13-18,20-23,37-38H,12,19,24-30H2,1-3H3;1-5,7-10,12-15,27-28H,6,11,16-21H2,(H,36,37)(H,39,40)/t37-,38+;27-,28+/m11/s1. The van der Waals surface area contributed by atoms with E-state index in [4.69, 9.17) is 9.47 Å². The molecule has 0 bridgehead atoms. The van der Waals surface area contributed by atoms with Gasteiger partial charge in [-0.3, -0.25) is 28.8 Å². The van der Waals surface area contributed by atoms with Gasteiger partial charge in [0, 0.05) is 48.6 Å². The quantitative estimate of drug-likeness (QED) is 0.0609. The topological polar surface area (TPSA) is 202 Å². The Morgan fingerprint density at radius 3 is 1.25 bits per heavy atom. The highest BCUT2D eigenvalue weighted by atomic mass is 16.6. The molecule has 2 heterocycles. The van der Waals surface area contributed by atoms with Gasteiger partial charge in [-0.2, -0.15) is 0 Å². The number of Topliss-reactive ketones (excluding diaryl/α,β-unsaturated/α-hetero) is 2. The van der Waals surface area contributed by atoms with E-state index >= 15 is 0 Å². The fraction of sp³-hybridized carbons (Fsp3) is 0.351. The molecule has 0 aromatic heterocycles. The Bertz CT molecular complexity index is 3700. The molecule has 4 atom stereocenters. The van der Waals surface area contributed by atoms with E-state index in [-0.39, 0.29) is 62.1 Å². The second-order valence-electron chi connectivity index (χ2n) is 26.1. The number of amides is 2. The van der Waals surface area contributed by atoms with Crippen LogP contribution in [-0.4, -0.2) is 98.0 Å². The van der Waals surface area contributed by atoms with Crippen molar-refractivity contribution in [2.24, 2.45) is 22.7 Å². The lowest BCUT2D eigenvalue weighted by Gasteiger charge is -2.32. The summed E-state index contributed by atoms with van der Waals surface area (Å²) in [5.74, 6) is -5.46. The van der Waals surface area contributed by atoms with Gasteiger partial charge in [-0.15, -0.1) is 0 Å². The summed E-state index contributed by atoms with van der Waals surface area (Å²) in [6.45, 7) is 6.32. The number of aliphatic carboxylic acids is 2. The zero-order valence-electron chi connectivity index (χ0n) is 52.1. The summed E-state index contributed by atoms with van der Waals surface area (Å²) in [6.07, 6.45) is 3.61. The van der Waals surface area contributed by atoms with E-state index in [0.717, 1.165) is 61.2 Å². The average molecular weight is 1230 g/mol. The summed E-state index contributed by atoms with van der Waals surface area (Å²) in [5.41, 5.74) is 8.03. The number of carboxylic acids is 2. The summed E-state index contributed by atoms with van der Waals surface area (Å²) in [6, 6.07) is 59.2. The van der Waals surface area contributed by atoms with Crippen LogP contribution in [0.25, 0.3) is 22.3 Å². The van der Waals surface area contributed by atoms with Gasteiger partial charge in [0.25, 0.3) is 0 Å². The molecule has 11 rings (SSSR count). The third-order valence-electron chi connectivity index (χ3n) is 18.4. The maximum absolute atomic E-state index is 14.7. The first-order valence-corrected chi connectivity index (χ1v) is 31.7. The Labute approximate surface area is 532 Å². The van der Waals surface area contributed by atoms with Crippen molar-refractivity contribution in [3.8, 4) is 22.3 Å². The molecule has 4 aliphatic rings. The number of likely N-dealkylation sites (tertiary alicyclic amines) is 2. The Morgan fingerprint density at radius 1 is 0.473 bits per heavy atom. The highest BCUT2D eigenvalue weighted by Crippen LogP contribution is 2.45. The fourth-order valence-electron chi connectivity index (χ4n) is 13.9. The molecule has 7 aromatic rings. The zero-order chi connectivity index (χ0) is 64.3. The lowest BCUT2D eigenvalue weighted by atomic mass is 9.73. The molecule has 2 saturated heterocycles. The van der Waals surface area contributed by atoms with Crippen LogP contribution >= 0.6 is 0 Å². The molecule has 0 saturated carbocycles. The highest BCUT2D eigenvalue weighted by molar-refractivity contribution is 5.96. The van der Waals surface area contributed by atoms with Gasteiger partial charge < -0.3 is 29.5 Å². The second-order valence-corrected chi connectivity index (χ2v) is 26.1. The molecule has 0 spiro atoms. The van der Waals surface area contributed by atoms with E-state index in [0.29, 0.717) is 70.9 Å². The van der Waals surface area contributed by atoms with Gasteiger partial charge in [0.15, 0.2) is 0 Å². The Balaban J connectivity index is 0.000000206. The molecule has 2 aliphatic carbocycles. The van der Waals surface area contributed by atoms with Crippen LogP contribution in [0.1, 0.15) is 111 Å². The second kappa shape index (κ2) is 28.7. The number of ketones is 2. The Morgan fingerprint density at radius 2 is 0.846 bits per heavy atom. The monoisotopic (exact) mass is 1220 g/mol. The molecule has 0 radical (unpaired) electrons. The van der Waals surface area contributed by atoms with Crippen molar-refractivity contribution < 1.29 is 58.0 Å². The van der Waals surface area contributed by atoms with Crippen molar-refractivity contribution in [2.75, 3.05) is 13.1 Å². The summed E-state index contributed by atoms with van der Waals surface area (Å²) in [4.78, 5) is 111. The summed E-state index contributed by atoms with van der Waals surface area (Å²) < 4.78 is 11.4.